The van der Waals surface area contributed by atoms with Crippen LogP contribution in [0.25, 0.3) is 5.13 Å². The van der Waals surface area contributed by atoms with E-state index in [2.05, 4.69) is 15.4 Å². The third-order valence-electron chi connectivity index (χ3n) is 2.83. The number of nitrogens with two attached hydrogens (primary N) is 1. The van der Waals surface area contributed by atoms with Gasteiger partial charge in [0, 0.05) is 17.6 Å². The third kappa shape index (κ3) is 2.14. The molecule has 1 aliphatic rings. The molecule has 2 aromatic heterocycles. The molecule has 1 saturated carbocycles. The Balaban J connectivity index is 2.06. The molecule has 0 spiro atoms. The van der Waals surface area contributed by atoms with E-state index in [0.717, 1.165) is 12.8 Å². The molecule has 0 unspecified atom stereocenters. The molecule has 7 nitrogen and oxygen atoms in total. The molecule has 100 valence electrons. The highest BCUT2D eigenvalue weighted by atomic mass is 32.1. The summed E-state index contributed by atoms with van der Waals surface area (Å²) in [4.78, 5) is 16.0. The monoisotopic (exact) mass is 279 g/mol. The van der Waals surface area contributed by atoms with E-state index in [-0.39, 0.29) is 11.4 Å². The maximum Gasteiger partial charge on any atom is 0.345 e. The highest BCUT2D eigenvalue weighted by Crippen LogP contribution is 2.31. The maximum absolute atomic E-state index is 11.8. The van der Waals surface area contributed by atoms with Crippen LogP contribution in [0.15, 0.2) is 11.6 Å². The molecule has 2 aromatic rings. The molecule has 1 aliphatic carbocycles. The zero-order valence-electron chi connectivity index (χ0n) is 10.3. The average molecular weight is 279 g/mol. The van der Waals surface area contributed by atoms with Gasteiger partial charge in [0.2, 0.25) is 5.13 Å². The summed E-state index contributed by atoms with van der Waals surface area (Å²) in [6, 6.07) is 0.363. The second-order valence-corrected chi connectivity index (χ2v) is 5.12. The summed E-state index contributed by atoms with van der Waals surface area (Å²) in [7, 11) is 1.32. The van der Waals surface area contributed by atoms with Crippen LogP contribution in [0.5, 0.6) is 0 Å². The number of methoxy groups -OCH3 is 1. The van der Waals surface area contributed by atoms with Crippen molar-refractivity contribution in [1.82, 2.24) is 14.8 Å². The molecular formula is C11H13N5O2S. The van der Waals surface area contributed by atoms with Gasteiger partial charge in [0.05, 0.1) is 7.11 Å². The number of nitrogen functional groups attached to an aromatic ring is 1. The van der Waals surface area contributed by atoms with Crippen LogP contribution < -0.4 is 11.1 Å². The number of hydrogen-bond donors (Lipinski definition) is 2. The number of thiazole rings is 1. The van der Waals surface area contributed by atoms with Crippen LogP contribution in [0, 0.1) is 0 Å². The predicted octanol–water partition coefficient (Wildman–Crippen LogP) is 1.27. The van der Waals surface area contributed by atoms with Crippen LogP contribution in [0.4, 0.5) is 11.6 Å². The summed E-state index contributed by atoms with van der Waals surface area (Å²) in [6.45, 7) is 0. The molecule has 0 aliphatic heterocycles. The molecule has 3 rings (SSSR count). The first-order valence-corrected chi connectivity index (χ1v) is 6.72. The van der Waals surface area contributed by atoms with Gasteiger partial charge in [0.25, 0.3) is 0 Å². The number of esters is 1. The standard InChI is InChI=1S/C11H13N5O2S/c1-18-10(17)7-8(12)16(11-13-4-5-19-11)15-9(7)14-6-2-3-6/h4-6H,2-3,12H2,1H3,(H,14,15). The molecule has 1 fully saturated rings. The molecule has 8 heteroatoms. The number of aromatic nitrogens is 3. The van der Waals surface area contributed by atoms with Crippen LogP contribution in [0.2, 0.25) is 0 Å². The minimum atomic E-state index is -0.497. The zero-order chi connectivity index (χ0) is 13.4. The Labute approximate surface area is 113 Å². The van der Waals surface area contributed by atoms with E-state index >= 15 is 0 Å². The Bertz CT molecular complexity index is 603. The molecule has 19 heavy (non-hydrogen) atoms. The number of carbonyl (C=O) groups is 1. The second kappa shape index (κ2) is 4.54. The van der Waals surface area contributed by atoms with Gasteiger partial charge >= 0.3 is 5.97 Å². The van der Waals surface area contributed by atoms with E-state index in [1.54, 1.807) is 6.20 Å². The molecule has 3 N–H and O–H groups in total. The summed E-state index contributed by atoms with van der Waals surface area (Å²) in [5.74, 6) is 0.204. The first-order valence-electron chi connectivity index (χ1n) is 5.84. The van der Waals surface area contributed by atoms with Crippen molar-refractivity contribution in [2.24, 2.45) is 0 Å². The number of nitrogens with zero attached hydrogens (tertiary/aromatic N) is 3. The van der Waals surface area contributed by atoms with Crippen LogP contribution >= 0.6 is 11.3 Å². The van der Waals surface area contributed by atoms with E-state index in [9.17, 15) is 4.79 Å². The van der Waals surface area contributed by atoms with Gasteiger partial charge in [-0.05, 0) is 12.8 Å². The Morgan fingerprint density at radius 3 is 3.00 bits per heavy atom. The molecule has 0 saturated heterocycles. The fourth-order valence-electron chi connectivity index (χ4n) is 1.72. The third-order valence-corrected chi connectivity index (χ3v) is 3.58. The van der Waals surface area contributed by atoms with Gasteiger partial charge in [0.1, 0.15) is 11.4 Å². The first-order chi connectivity index (χ1) is 9.20. The van der Waals surface area contributed by atoms with Crippen molar-refractivity contribution in [3.63, 3.8) is 0 Å². The first kappa shape index (κ1) is 12.0. The van der Waals surface area contributed by atoms with Gasteiger partial charge in [-0.1, -0.05) is 0 Å². The molecule has 0 atom stereocenters. The average Bonchev–Trinajstić information content (AvgIpc) is 2.94. The van der Waals surface area contributed by atoms with Gasteiger partial charge in [-0.25, -0.2) is 9.78 Å². The fourth-order valence-corrected chi connectivity index (χ4v) is 2.33. The molecule has 0 bridgehead atoms. The van der Waals surface area contributed by atoms with Crippen LogP contribution in [-0.2, 0) is 4.74 Å². The molecule has 0 aromatic carbocycles. The minimum absolute atomic E-state index is 0.241. The second-order valence-electron chi connectivity index (χ2n) is 4.25. The van der Waals surface area contributed by atoms with Crippen molar-refractivity contribution < 1.29 is 9.53 Å². The van der Waals surface area contributed by atoms with E-state index in [1.807, 2.05) is 5.38 Å². The minimum Gasteiger partial charge on any atom is -0.465 e. The number of nitrogens with one attached hydrogen (secondary N) is 1. The normalized spacial score (nSPS) is 14.4. The Kier molecular flexibility index (Phi) is 2.86. The van der Waals surface area contributed by atoms with Crippen molar-refractivity contribution >= 4 is 28.9 Å². The van der Waals surface area contributed by atoms with E-state index in [0.29, 0.717) is 17.0 Å². The number of carbonyl (C=O) groups excluding carboxylic acids is 1. The van der Waals surface area contributed by atoms with Crippen LogP contribution in [0.1, 0.15) is 23.2 Å². The molecule has 0 radical (unpaired) electrons. The summed E-state index contributed by atoms with van der Waals surface area (Å²) >= 11 is 1.40. The topological polar surface area (TPSA) is 95.1 Å². The highest BCUT2D eigenvalue weighted by Gasteiger charge is 2.29. The number of rotatable bonds is 4. The zero-order valence-corrected chi connectivity index (χ0v) is 11.1. The lowest BCUT2D eigenvalue weighted by Gasteiger charge is -2.02. The number of anilines is 2. The van der Waals surface area contributed by atoms with Crippen molar-refractivity contribution in [3.05, 3.63) is 17.1 Å². The smallest absolute Gasteiger partial charge is 0.345 e. The van der Waals surface area contributed by atoms with Crippen molar-refractivity contribution in [1.29, 1.82) is 0 Å². The fraction of sp³-hybridized carbons (Fsp3) is 0.364. The summed E-state index contributed by atoms with van der Waals surface area (Å²) < 4.78 is 6.22. The lowest BCUT2D eigenvalue weighted by atomic mass is 10.3. The van der Waals surface area contributed by atoms with E-state index in [1.165, 1.54) is 23.1 Å². The summed E-state index contributed by atoms with van der Waals surface area (Å²) in [6.07, 6.45) is 3.81. The summed E-state index contributed by atoms with van der Waals surface area (Å²) in [5, 5.41) is 9.95. The lowest BCUT2D eigenvalue weighted by molar-refractivity contribution is 0.0603. The van der Waals surface area contributed by atoms with E-state index < -0.39 is 5.97 Å². The van der Waals surface area contributed by atoms with Gasteiger partial charge in [-0.15, -0.1) is 16.4 Å². The summed E-state index contributed by atoms with van der Waals surface area (Å²) in [5.41, 5.74) is 6.26. The van der Waals surface area contributed by atoms with Gasteiger partial charge < -0.3 is 15.8 Å². The number of ether oxygens (including phenoxy) is 1. The predicted molar refractivity (Wildman–Crippen MR) is 71.6 cm³/mol. The quantitative estimate of drug-likeness (QED) is 0.818. The van der Waals surface area contributed by atoms with E-state index in [4.69, 9.17) is 10.5 Å². The molecular weight excluding hydrogens is 266 g/mol. The van der Waals surface area contributed by atoms with Gasteiger partial charge in [-0.2, -0.15) is 4.68 Å². The maximum atomic E-state index is 11.8. The van der Waals surface area contributed by atoms with Crippen molar-refractivity contribution in [2.45, 2.75) is 18.9 Å². The Morgan fingerprint density at radius 1 is 1.63 bits per heavy atom. The SMILES string of the molecule is COC(=O)c1c(NC2CC2)nn(-c2nccs2)c1N. The van der Waals surface area contributed by atoms with Crippen LogP contribution in [0.3, 0.4) is 0 Å². The van der Waals surface area contributed by atoms with Gasteiger partial charge in [-0.3, -0.25) is 0 Å². The lowest BCUT2D eigenvalue weighted by Crippen LogP contribution is -2.10. The highest BCUT2D eigenvalue weighted by molar-refractivity contribution is 7.12. The van der Waals surface area contributed by atoms with Crippen molar-refractivity contribution in [2.75, 3.05) is 18.2 Å². The largest absolute Gasteiger partial charge is 0.465 e. The van der Waals surface area contributed by atoms with Crippen molar-refractivity contribution in [3.8, 4) is 5.13 Å². The van der Waals surface area contributed by atoms with Crippen LogP contribution in [-0.4, -0.2) is 33.9 Å². The number of hydrogen-bond acceptors (Lipinski definition) is 7. The Hall–Kier alpha value is -2.09. The van der Waals surface area contributed by atoms with Gasteiger partial charge in [0.15, 0.2) is 5.82 Å². The molecule has 0 amide bonds. The Morgan fingerprint density at radius 2 is 2.42 bits per heavy atom. The molecule has 2 heterocycles.